The van der Waals surface area contributed by atoms with E-state index in [0.29, 0.717) is 18.2 Å². The van der Waals surface area contributed by atoms with Crippen molar-refractivity contribution in [3.63, 3.8) is 0 Å². The highest BCUT2D eigenvalue weighted by atomic mass is 19.4. The number of alkyl halides is 3. The van der Waals surface area contributed by atoms with Crippen molar-refractivity contribution in [1.82, 2.24) is 5.32 Å². The van der Waals surface area contributed by atoms with Crippen LogP contribution >= 0.6 is 0 Å². The van der Waals surface area contributed by atoms with Crippen LogP contribution in [0.15, 0.2) is 18.2 Å². The molecule has 0 radical (unpaired) electrons. The van der Waals surface area contributed by atoms with E-state index in [1.807, 2.05) is 0 Å². The van der Waals surface area contributed by atoms with Gasteiger partial charge in [-0.3, -0.25) is 25.0 Å². The predicted molar refractivity (Wildman–Crippen MR) is 67.4 cm³/mol. The Morgan fingerprint density at radius 3 is 1.95 bits per heavy atom. The van der Waals surface area contributed by atoms with Crippen LogP contribution in [0.1, 0.15) is 23.7 Å². The van der Waals surface area contributed by atoms with Gasteiger partial charge in [-0.05, 0) is 6.42 Å². The SMILES string of the molecule is CCC(NC(=O)c1cc([N+](=O)[O-])cc([N+](=O)[O-])c1)C(F)(F)F. The normalized spacial score (nSPS) is 12.5. The van der Waals surface area contributed by atoms with Crippen LogP contribution in [0, 0.1) is 20.2 Å². The van der Waals surface area contributed by atoms with Crippen molar-refractivity contribution in [2.24, 2.45) is 0 Å². The maximum atomic E-state index is 12.6. The number of nitro groups is 2. The lowest BCUT2D eigenvalue weighted by atomic mass is 10.1. The van der Waals surface area contributed by atoms with Gasteiger partial charge in [0, 0.05) is 12.1 Å². The van der Waals surface area contributed by atoms with Gasteiger partial charge in [-0.25, -0.2) is 0 Å². The standard InChI is InChI=1S/C11H10F3N3O5/c1-2-9(11(12,13)14)15-10(18)6-3-7(16(19)20)5-8(4-6)17(21)22/h3-5,9H,2H2,1H3,(H,15,18). The van der Waals surface area contributed by atoms with Gasteiger partial charge in [0.1, 0.15) is 6.04 Å². The molecule has 0 saturated heterocycles. The second-order valence-electron chi connectivity index (χ2n) is 4.23. The highest BCUT2D eigenvalue weighted by Gasteiger charge is 2.39. The lowest BCUT2D eigenvalue weighted by Crippen LogP contribution is -2.44. The van der Waals surface area contributed by atoms with E-state index in [-0.39, 0.29) is 0 Å². The summed E-state index contributed by atoms with van der Waals surface area (Å²) in [5.74, 6) is -1.28. The molecular formula is C11H10F3N3O5. The monoisotopic (exact) mass is 321 g/mol. The quantitative estimate of drug-likeness (QED) is 0.661. The van der Waals surface area contributed by atoms with E-state index >= 15 is 0 Å². The Kier molecular flexibility index (Phi) is 5.02. The van der Waals surface area contributed by atoms with E-state index in [2.05, 4.69) is 0 Å². The molecule has 1 rings (SSSR count). The first-order chi connectivity index (χ1) is 10.1. The molecule has 0 aliphatic carbocycles. The molecule has 0 fully saturated rings. The molecule has 1 aromatic rings. The van der Waals surface area contributed by atoms with Crippen LogP contribution in [-0.4, -0.2) is 28.0 Å². The van der Waals surface area contributed by atoms with Crippen LogP contribution in [0.2, 0.25) is 0 Å². The van der Waals surface area contributed by atoms with Gasteiger partial charge in [-0.1, -0.05) is 6.92 Å². The fourth-order valence-electron chi connectivity index (χ4n) is 1.59. The lowest BCUT2D eigenvalue weighted by molar-refractivity contribution is -0.394. The van der Waals surface area contributed by atoms with E-state index in [4.69, 9.17) is 0 Å². The topological polar surface area (TPSA) is 115 Å². The van der Waals surface area contributed by atoms with Gasteiger partial charge in [0.25, 0.3) is 17.3 Å². The summed E-state index contributed by atoms with van der Waals surface area (Å²) in [5, 5.41) is 23.0. The van der Waals surface area contributed by atoms with Crippen molar-refractivity contribution in [1.29, 1.82) is 0 Å². The first-order valence-corrected chi connectivity index (χ1v) is 5.87. The van der Waals surface area contributed by atoms with E-state index in [0.717, 1.165) is 0 Å². The van der Waals surface area contributed by atoms with Gasteiger partial charge in [-0.2, -0.15) is 13.2 Å². The summed E-state index contributed by atoms with van der Waals surface area (Å²) in [7, 11) is 0. The number of nitro benzene ring substituents is 2. The Hall–Kier alpha value is -2.72. The summed E-state index contributed by atoms with van der Waals surface area (Å²) in [6.45, 7) is 1.19. The van der Waals surface area contributed by atoms with Crippen LogP contribution in [0.4, 0.5) is 24.5 Å². The molecule has 0 saturated carbocycles. The predicted octanol–water partition coefficient (Wildman–Crippen LogP) is 2.57. The average Bonchev–Trinajstić information content (AvgIpc) is 2.42. The number of hydrogen-bond acceptors (Lipinski definition) is 5. The van der Waals surface area contributed by atoms with Crippen LogP contribution < -0.4 is 5.32 Å². The van der Waals surface area contributed by atoms with Crippen LogP contribution in [-0.2, 0) is 0 Å². The fraction of sp³-hybridized carbons (Fsp3) is 0.364. The number of amides is 1. The summed E-state index contributed by atoms with van der Waals surface area (Å²) >= 11 is 0. The number of nitrogens with one attached hydrogen (secondary N) is 1. The molecule has 120 valence electrons. The fourth-order valence-corrected chi connectivity index (χ4v) is 1.59. The molecule has 11 heteroatoms. The van der Waals surface area contributed by atoms with Gasteiger partial charge in [0.15, 0.2) is 0 Å². The van der Waals surface area contributed by atoms with Gasteiger partial charge in [0.05, 0.1) is 21.5 Å². The molecule has 1 N–H and O–H groups in total. The lowest BCUT2D eigenvalue weighted by Gasteiger charge is -2.19. The number of hydrogen-bond donors (Lipinski definition) is 1. The average molecular weight is 321 g/mol. The third kappa shape index (κ3) is 4.14. The highest BCUT2D eigenvalue weighted by Crippen LogP contribution is 2.25. The minimum absolute atomic E-state index is 0.452. The van der Waals surface area contributed by atoms with Gasteiger partial charge in [-0.15, -0.1) is 0 Å². The molecule has 0 heterocycles. The van der Waals surface area contributed by atoms with E-state index in [1.54, 1.807) is 5.32 Å². The molecule has 22 heavy (non-hydrogen) atoms. The Bertz CT molecular complexity index is 585. The van der Waals surface area contributed by atoms with E-state index < -0.39 is 51.3 Å². The second kappa shape index (κ2) is 6.37. The third-order valence-corrected chi connectivity index (χ3v) is 2.70. The number of rotatable bonds is 5. The molecule has 0 bridgehead atoms. The largest absolute Gasteiger partial charge is 0.408 e. The van der Waals surface area contributed by atoms with Crippen LogP contribution in [0.5, 0.6) is 0 Å². The smallest absolute Gasteiger partial charge is 0.340 e. The zero-order valence-electron chi connectivity index (χ0n) is 11.1. The molecule has 8 nitrogen and oxygen atoms in total. The van der Waals surface area contributed by atoms with Gasteiger partial charge < -0.3 is 5.32 Å². The Balaban J connectivity index is 3.17. The molecule has 0 aromatic heterocycles. The molecule has 1 amide bonds. The maximum Gasteiger partial charge on any atom is 0.408 e. The van der Waals surface area contributed by atoms with Crippen LogP contribution in [0.25, 0.3) is 0 Å². The Morgan fingerprint density at radius 2 is 1.64 bits per heavy atom. The molecular weight excluding hydrogens is 311 g/mol. The van der Waals surface area contributed by atoms with Crippen molar-refractivity contribution < 1.29 is 27.8 Å². The number of carbonyl (C=O) groups excluding carboxylic acids is 1. The van der Waals surface area contributed by atoms with Crippen molar-refractivity contribution in [3.05, 3.63) is 44.0 Å². The molecule has 1 unspecified atom stereocenters. The summed E-state index contributed by atoms with van der Waals surface area (Å²) in [6, 6.07) is -0.201. The number of carbonyl (C=O) groups is 1. The minimum Gasteiger partial charge on any atom is -0.340 e. The Morgan fingerprint density at radius 1 is 1.18 bits per heavy atom. The number of benzene rings is 1. The zero-order valence-corrected chi connectivity index (χ0v) is 11.1. The first kappa shape index (κ1) is 17.3. The van der Waals surface area contributed by atoms with Crippen molar-refractivity contribution in [2.75, 3.05) is 0 Å². The molecule has 0 spiro atoms. The molecule has 1 atom stereocenters. The summed E-state index contributed by atoms with van der Waals surface area (Å²) in [4.78, 5) is 31.1. The molecule has 1 aromatic carbocycles. The summed E-state index contributed by atoms with van der Waals surface area (Å²) < 4.78 is 37.7. The van der Waals surface area contributed by atoms with Crippen LogP contribution in [0.3, 0.4) is 0 Å². The van der Waals surface area contributed by atoms with Gasteiger partial charge >= 0.3 is 6.18 Å². The van der Waals surface area contributed by atoms with Crippen molar-refractivity contribution >= 4 is 17.3 Å². The Labute approximate surface area is 121 Å². The maximum absolute atomic E-state index is 12.6. The number of nitrogens with zero attached hydrogens (tertiary/aromatic N) is 2. The van der Waals surface area contributed by atoms with Crippen molar-refractivity contribution in [2.45, 2.75) is 25.6 Å². The van der Waals surface area contributed by atoms with Crippen molar-refractivity contribution in [3.8, 4) is 0 Å². The zero-order chi connectivity index (χ0) is 17.1. The minimum atomic E-state index is -4.70. The number of halogens is 3. The third-order valence-electron chi connectivity index (χ3n) is 2.70. The van der Waals surface area contributed by atoms with E-state index in [1.165, 1.54) is 6.92 Å². The number of non-ortho nitro benzene ring substituents is 2. The molecule has 0 aliphatic rings. The van der Waals surface area contributed by atoms with Gasteiger partial charge in [0.2, 0.25) is 0 Å². The molecule has 0 aliphatic heterocycles. The highest BCUT2D eigenvalue weighted by molar-refractivity contribution is 5.95. The van der Waals surface area contributed by atoms with E-state index in [9.17, 15) is 38.2 Å². The first-order valence-electron chi connectivity index (χ1n) is 5.87. The summed E-state index contributed by atoms with van der Waals surface area (Å²) in [5.41, 5.74) is -2.12. The summed E-state index contributed by atoms with van der Waals surface area (Å²) in [6.07, 6.45) is -5.15. The second-order valence-corrected chi connectivity index (χ2v) is 4.23.